The molecule has 1 unspecified atom stereocenters. The van der Waals surface area contributed by atoms with Gasteiger partial charge in [-0.3, -0.25) is 28.8 Å². The molecule has 2 heterocycles. The Morgan fingerprint density at radius 2 is 2.06 bits per heavy atom. The maximum atomic E-state index is 12.9. The highest BCUT2D eigenvalue weighted by atomic mass is 16.6. The fraction of sp³-hybridized carbons (Fsp3) is 0.350. The van der Waals surface area contributed by atoms with Crippen LogP contribution in [0.4, 0.5) is 11.5 Å². The van der Waals surface area contributed by atoms with Crippen LogP contribution in [-0.2, 0) is 18.4 Å². The Kier molecular flexibility index (Phi) is 8.92. The number of aromatic nitrogens is 4. The number of nitrogens with zero attached hydrogens (tertiary/aromatic N) is 3. The number of nitrogen functional groups attached to an aromatic ring is 1. The van der Waals surface area contributed by atoms with Crippen molar-refractivity contribution < 1.29 is 9.36 Å². The van der Waals surface area contributed by atoms with Crippen molar-refractivity contribution in [1.29, 1.82) is 5.41 Å². The van der Waals surface area contributed by atoms with Gasteiger partial charge in [-0.15, -0.1) is 0 Å². The molecule has 2 aromatic heterocycles. The van der Waals surface area contributed by atoms with E-state index in [9.17, 15) is 14.4 Å². The molecule has 0 spiro atoms. The Balaban J connectivity index is 2.13. The first-order chi connectivity index (χ1) is 16.1. The van der Waals surface area contributed by atoms with Crippen molar-refractivity contribution in [2.45, 2.75) is 38.9 Å². The van der Waals surface area contributed by atoms with E-state index in [1.54, 1.807) is 32.1 Å². The smallest absolute Gasteiger partial charge is 0.417 e. The van der Waals surface area contributed by atoms with Crippen LogP contribution in [0.2, 0.25) is 0 Å². The van der Waals surface area contributed by atoms with E-state index in [4.69, 9.17) is 22.8 Å². The van der Waals surface area contributed by atoms with Crippen molar-refractivity contribution in [3.8, 4) is 0 Å². The molecule has 0 aliphatic carbocycles. The van der Waals surface area contributed by atoms with Crippen molar-refractivity contribution in [2.75, 3.05) is 11.1 Å². The number of nitrogens with one attached hydrogen (secondary N) is 3. The average Bonchev–Trinajstić information content (AvgIpc) is 3.26. The minimum atomic E-state index is -0.751. The maximum Gasteiger partial charge on any atom is 0.439 e. The lowest BCUT2D eigenvalue weighted by Gasteiger charge is -2.22. The van der Waals surface area contributed by atoms with E-state index in [1.807, 2.05) is 0 Å². The zero-order valence-electron chi connectivity index (χ0n) is 19.1. The van der Waals surface area contributed by atoms with Crippen LogP contribution in [0.3, 0.4) is 0 Å². The number of nitrogens with two attached hydrogens (primary N) is 3. The van der Waals surface area contributed by atoms with Crippen LogP contribution in [0.5, 0.6) is 0 Å². The second-order valence-corrected chi connectivity index (χ2v) is 7.39. The van der Waals surface area contributed by atoms with Crippen LogP contribution in [0.1, 0.15) is 26.1 Å². The Morgan fingerprint density at radius 1 is 1.35 bits per heavy atom. The maximum absolute atomic E-state index is 12.9. The molecule has 184 valence electrons. The molecule has 2 rings (SSSR count). The summed E-state index contributed by atoms with van der Waals surface area (Å²) in [6.07, 6.45) is 8.19. The second-order valence-electron chi connectivity index (χ2n) is 7.39. The predicted molar refractivity (Wildman–Crippen MR) is 127 cm³/mol. The normalized spacial score (nSPS) is 14.0. The summed E-state index contributed by atoms with van der Waals surface area (Å²) in [5.41, 5.74) is 11.1. The number of anilines is 2. The topological polar surface area (TPSA) is 226 Å². The summed E-state index contributed by atoms with van der Waals surface area (Å²) in [4.78, 5) is 43.2. The van der Waals surface area contributed by atoms with Crippen LogP contribution in [0.15, 0.2) is 55.0 Å². The zero-order chi connectivity index (χ0) is 25.4. The molecular weight excluding hydrogens is 446 g/mol. The summed E-state index contributed by atoms with van der Waals surface area (Å²) in [6, 6.07) is -0.993. The molecule has 0 saturated carbocycles. The molecule has 9 N–H and O–H groups in total. The minimum absolute atomic E-state index is 0.00312. The van der Waals surface area contributed by atoms with Gasteiger partial charge in [0.25, 0.3) is 5.56 Å². The second kappa shape index (κ2) is 11.6. The minimum Gasteiger partial charge on any atom is -0.417 e. The number of H-pyrrole nitrogens is 1. The van der Waals surface area contributed by atoms with Crippen molar-refractivity contribution in [2.24, 2.45) is 18.7 Å². The predicted octanol–water partition coefficient (Wildman–Crippen LogP) is -0.702. The SMILES string of the molecule is C/C(=C/CCn1c(=O)c(N[C@@H](C)C(N)C=C/C=C\C(=N)c2noc(=O)[nH]2)c(N)n(C)c1=O)ON. The number of hydrogen-bond donors (Lipinski definition) is 6. The van der Waals surface area contributed by atoms with Crippen LogP contribution in [0, 0.1) is 5.41 Å². The van der Waals surface area contributed by atoms with Crippen LogP contribution >= 0.6 is 0 Å². The summed E-state index contributed by atoms with van der Waals surface area (Å²) in [7, 11) is 1.47. The van der Waals surface area contributed by atoms with Crippen molar-refractivity contribution in [3.63, 3.8) is 0 Å². The molecular formula is C20H29N9O5. The van der Waals surface area contributed by atoms with Gasteiger partial charge in [-0.25, -0.2) is 9.59 Å². The first kappa shape index (κ1) is 26.1. The molecule has 0 saturated heterocycles. The number of rotatable bonds is 11. The van der Waals surface area contributed by atoms with E-state index < -0.39 is 29.1 Å². The van der Waals surface area contributed by atoms with Crippen molar-refractivity contribution in [3.05, 3.63) is 73.4 Å². The van der Waals surface area contributed by atoms with E-state index in [2.05, 4.69) is 24.8 Å². The highest BCUT2D eigenvalue weighted by Crippen LogP contribution is 2.12. The van der Waals surface area contributed by atoms with Crippen LogP contribution in [0.25, 0.3) is 0 Å². The van der Waals surface area contributed by atoms with Gasteiger partial charge in [0.2, 0.25) is 5.82 Å². The molecule has 34 heavy (non-hydrogen) atoms. The summed E-state index contributed by atoms with van der Waals surface area (Å²) in [5.74, 6) is 4.76. The zero-order valence-corrected chi connectivity index (χ0v) is 19.1. The standard InChI is InChI=1S/C20H29N9O5/c1-11(33-24)7-6-10-29-18(30)15(16(23)28(3)20(29)32)25-12(2)13(21)8-4-5-9-14(22)17-26-19(31)34-27-17/h4-5,7-9,12-13,22,25H,6,10,21,23-24H2,1-3H3,(H,26,27,31)/b8-4?,9-5-,11-7-,22-14?/t12-,13?/m0/s1. The third-order valence-corrected chi connectivity index (χ3v) is 4.92. The molecule has 0 aliphatic heterocycles. The van der Waals surface area contributed by atoms with Gasteiger partial charge < -0.3 is 21.6 Å². The lowest BCUT2D eigenvalue weighted by molar-refractivity contribution is 0.221. The molecule has 0 aliphatic rings. The fourth-order valence-electron chi connectivity index (χ4n) is 2.82. The van der Waals surface area contributed by atoms with E-state index in [0.717, 1.165) is 4.57 Å². The van der Waals surface area contributed by atoms with E-state index >= 15 is 0 Å². The molecule has 0 aromatic carbocycles. The molecule has 0 radical (unpaired) electrons. The van der Waals surface area contributed by atoms with Gasteiger partial charge in [-0.05, 0) is 32.4 Å². The highest BCUT2D eigenvalue weighted by Gasteiger charge is 2.18. The Hall–Kier alpha value is -4.17. The largest absolute Gasteiger partial charge is 0.439 e. The van der Waals surface area contributed by atoms with E-state index in [-0.39, 0.29) is 29.6 Å². The quantitative estimate of drug-likeness (QED) is 0.104. The van der Waals surface area contributed by atoms with Crippen molar-refractivity contribution in [1.82, 2.24) is 19.3 Å². The van der Waals surface area contributed by atoms with Crippen LogP contribution < -0.4 is 39.7 Å². The molecule has 0 fully saturated rings. The molecule has 2 aromatic rings. The van der Waals surface area contributed by atoms with E-state index in [0.29, 0.717) is 12.2 Å². The Bertz CT molecular complexity index is 1280. The van der Waals surface area contributed by atoms with E-state index in [1.165, 1.54) is 23.8 Å². The molecule has 14 heteroatoms. The molecule has 14 nitrogen and oxygen atoms in total. The van der Waals surface area contributed by atoms with Gasteiger partial charge in [0, 0.05) is 25.7 Å². The van der Waals surface area contributed by atoms with Gasteiger partial charge >= 0.3 is 11.4 Å². The fourth-order valence-corrected chi connectivity index (χ4v) is 2.82. The summed E-state index contributed by atoms with van der Waals surface area (Å²) in [6.45, 7) is 3.51. The van der Waals surface area contributed by atoms with Gasteiger partial charge in [0.1, 0.15) is 23.0 Å². The van der Waals surface area contributed by atoms with Gasteiger partial charge in [0.15, 0.2) is 0 Å². The number of hydrogen-bond acceptors (Lipinski definition) is 11. The molecule has 0 amide bonds. The van der Waals surface area contributed by atoms with Crippen LogP contribution in [-0.4, -0.2) is 37.1 Å². The Labute approximate surface area is 193 Å². The first-order valence-electron chi connectivity index (χ1n) is 10.2. The Morgan fingerprint density at radius 3 is 2.68 bits per heavy atom. The summed E-state index contributed by atoms with van der Waals surface area (Å²) >= 11 is 0. The third-order valence-electron chi connectivity index (χ3n) is 4.92. The number of allylic oxidation sites excluding steroid dienone is 5. The summed E-state index contributed by atoms with van der Waals surface area (Å²) in [5, 5.41) is 14.2. The highest BCUT2D eigenvalue weighted by molar-refractivity contribution is 6.03. The first-order valence-corrected chi connectivity index (χ1v) is 10.2. The summed E-state index contributed by atoms with van der Waals surface area (Å²) < 4.78 is 6.59. The lowest BCUT2D eigenvalue weighted by Crippen LogP contribution is -2.44. The van der Waals surface area contributed by atoms with Crippen molar-refractivity contribution >= 4 is 17.2 Å². The molecule has 0 bridgehead atoms. The lowest BCUT2D eigenvalue weighted by atomic mass is 10.1. The van der Waals surface area contributed by atoms with Gasteiger partial charge in [-0.1, -0.05) is 23.4 Å². The number of aromatic amines is 1. The van der Waals surface area contributed by atoms with Gasteiger partial charge in [-0.2, -0.15) is 5.90 Å². The third kappa shape index (κ3) is 6.43. The monoisotopic (exact) mass is 475 g/mol. The van der Waals surface area contributed by atoms with Gasteiger partial charge in [0.05, 0.1) is 0 Å². The average molecular weight is 476 g/mol. The molecule has 2 atom stereocenters.